The molecule has 4 heteroatoms. The Labute approximate surface area is 103 Å². The third kappa shape index (κ3) is 3.19. The zero-order chi connectivity index (χ0) is 12.8. The highest BCUT2D eigenvalue weighted by Crippen LogP contribution is 2.28. The summed E-state index contributed by atoms with van der Waals surface area (Å²) in [5.41, 5.74) is 7.68. The summed E-state index contributed by atoms with van der Waals surface area (Å²) in [7, 11) is 3.44. The van der Waals surface area contributed by atoms with Crippen LogP contribution in [0.5, 0.6) is 5.75 Å². The van der Waals surface area contributed by atoms with Gasteiger partial charge in [-0.15, -0.1) is 0 Å². The van der Waals surface area contributed by atoms with Crippen molar-refractivity contribution in [2.24, 2.45) is 5.73 Å². The fourth-order valence-electron chi connectivity index (χ4n) is 1.94. The summed E-state index contributed by atoms with van der Waals surface area (Å²) in [6.07, 6.45) is 0.326. The number of hydrogen-bond donors (Lipinski definition) is 3. The van der Waals surface area contributed by atoms with E-state index in [0.717, 1.165) is 17.7 Å². The van der Waals surface area contributed by atoms with Crippen LogP contribution in [0.1, 0.15) is 24.1 Å². The fourth-order valence-corrected chi connectivity index (χ4v) is 1.94. The van der Waals surface area contributed by atoms with E-state index in [1.165, 1.54) is 5.56 Å². The van der Waals surface area contributed by atoms with Gasteiger partial charge in [-0.25, -0.2) is 0 Å². The van der Waals surface area contributed by atoms with Gasteiger partial charge >= 0.3 is 0 Å². The summed E-state index contributed by atoms with van der Waals surface area (Å²) in [4.78, 5) is 0. The van der Waals surface area contributed by atoms with Crippen molar-refractivity contribution >= 4 is 0 Å². The lowest BCUT2D eigenvalue weighted by molar-refractivity contribution is 0.137. The molecule has 0 bridgehead atoms. The summed E-state index contributed by atoms with van der Waals surface area (Å²) < 4.78 is 5.33. The van der Waals surface area contributed by atoms with E-state index in [-0.39, 0.29) is 12.6 Å². The topological polar surface area (TPSA) is 67.5 Å². The van der Waals surface area contributed by atoms with Gasteiger partial charge in [0.2, 0.25) is 0 Å². The molecule has 0 amide bonds. The highest BCUT2D eigenvalue weighted by molar-refractivity contribution is 5.40. The van der Waals surface area contributed by atoms with Gasteiger partial charge in [0.1, 0.15) is 5.75 Å². The average molecular weight is 238 g/mol. The molecule has 0 aliphatic carbocycles. The molecule has 2 unspecified atom stereocenters. The van der Waals surface area contributed by atoms with Gasteiger partial charge in [0, 0.05) is 12.1 Å². The summed E-state index contributed by atoms with van der Waals surface area (Å²) in [6, 6.07) is 5.81. The number of rotatable bonds is 6. The fraction of sp³-hybridized carbons (Fsp3) is 0.538. The molecule has 0 aliphatic heterocycles. The van der Waals surface area contributed by atoms with Gasteiger partial charge < -0.3 is 20.9 Å². The number of hydrogen-bond acceptors (Lipinski definition) is 4. The molecule has 0 saturated carbocycles. The molecule has 1 aromatic carbocycles. The second-order valence-corrected chi connectivity index (χ2v) is 4.00. The van der Waals surface area contributed by atoms with Crippen LogP contribution in [0.25, 0.3) is 0 Å². The molecule has 1 rings (SSSR count). The molecule has 17 heavy (non-hydrogen) atoms. The standard InChI is InChI=1S/C13H22N2O2/c1-4-9-5-6-12(17-3)10(7-9)13(15-2)11(16)8-14/h5-7,11,13,15-16H,4,8,14H2,1-3H3. The van der Waals surface area contributed by atoms with Crippen LogP contribution in [0.2, 0.25) is 0 Å². The van der Waals surface area contributed by atoms with Crippen LogP contribution < -0.4 is 15.8 Å². The molecule has 0 aromatic heterocycles. The number of aryl methyl sites for hydroxylation is 1. The Hall–Kier alpha value is -1.10. The van der Waals surface area contributed by atoms with Gasteiger partial charge in [-0.3, -0.25) is 0 Å². The van der Waals surface area contributed by atoms with Gasteiger partial charge in [0.15, 0.2) is 0 Å². The normalized spacial score (nSPS) is 14.4. The first-order valence-corrected chi connectivity index (χ1v) is 5.90. The number of aliphatic hydroxyl groups is 1. The average Bonchev–Trinajstić information content (AvgIpc) is 2.39. The van der Waals surface area contributed by atoms with Crippen LogP contribution in [0.4, 0.5) is 0 Å². The monoisotopic (exact) mass is 238 g/mol. The lowest BCUT2D eigenvalue weighted by atomic mass is 9.97. The Morgan fingerprint density at radius 3 is 2.65 bits per heavy atom. The maximum atomic E-state index is 9.91. The third-order valence-electron chi connectivity index (χ3n) is 2.97. The summed E-state index contributed by atoms with van der Waals surface area (Å²) in [5.74, 6) is 0.772. The van der Waals surface area contributed by atoms with Crippen molar-refractivity contribution in [1.82, 2.24) is 5.32 Å². The van der Waals surface area contributed by atoms with Crippen molar-refractivity contribution in [2.45, 2.75) is 25.5 Å². The van der Waals surface area contributed by atoms with Gasteiger partial charge in [-0.1, -0.05) is 19.1 Å². The number of aliphatic hydroxyl groups excluding tert-OH is 1. The number of methoxy groups -OCH3 is 1. The third-order valence-corrected chi connectivity index (χ3v) is 2.97. The molecular weight excluding hydrogens is 216 g/mol. The molecule has 0 aliphatic rings. The molecule has 0 fully saturated rings. The maximum absolute atomic E-state index is 9.91. The van der Waals surface area contributed by atoms with E-state index in [0.29, 0.717) is 0 Å². The predicted octanol–water partition coefficient (Wildman–Crippen LogP) is 0.838. The van der Waals surface area contributed by atoms with Crippen LogP contribution >= 0.6 is 0 Å². The zero-order valence-corrected chi connectivity index (χ0v) is 10.7. The largest absolute Gasteiger partial charge is 0.496 e. The Bertz CT molecular complexity index is 355. The van der Waals surface area contributed by atoms with Gasteiger partial charge in [0.25, 0.3) is 0 Å². The second kappa shape index (κ2) is 6.59. The lowest BCUT2D eigenvalue weighted by Crippen LogP contribution is -2.35. The quantitative estimate of drug-likeness (QED) is 0.687. The predicted molar refractivity (Wildman–Crippen MR) is 69.2 cm³/mol. The van der Waals surface area contributed by atoms with Gasteiger partial charge in [-0.05, 0) is 25.1 Å². The number of ether oxygens (including phenoxy) is 1. The second-order valence-electron chi connectivity index (χ2n) is 4.00. The summed E-state index contributed by atoms with van der Waals surface area (Å²) >= 11 is 0. The minimum atomic E-state index is -0.624. The van der Waals surface area contributed by atoms with Crippen molar-refractivity contribution in [3.8, 4) is 5.75 Å². The van der Waals surface area contributed by atoms with Crippen molar-refractivity contribution in [1.29, 1.82) is 0 Å². The van der Waals surface area contributed by atoms with Crippen LogP contribution in [-0.4, -0.2) is 31.9 Å². The molecule has 96 valence electrons. The molecule has 0 saturated heterocycles. The molecule has 0 spiro atoms. The molecule has 0 radical (unpaired) electrons. The summed E-state index contributed by atoms with van der Waals surface area (Å²) in [6.45, 7) is 2.31. The molecule has 4 N–H and O–H groups in total. The molecule has 1 aromatic rings. The molecule has 0 heterocycles. The van der Waals surface area contributed by atoms with Crippen LogP contribution in [-0.2, 0) is 6.42 Å². The van der Waals surface area contributed by atoms with E-state index in [4.69, 9.17) is 10.5 Å². The maximum Gasteiger partial charge on any atom is 0.123 e. The Morgan fingerprint density at radius 1 is 1.47 bits per heavy atom. The highest BCUT2D eigenvalue weighted by atomic mass is 16.5. The van der Waals surface area contributed by atoms with E-state index >= 15 is 0 Å². The first kappa shape index (κ1) is 14.0. The van der Waals surface area contributed by atoms with Crippen molar-refractivity contribution in [3.63, 3.8) is 0 Å². The van der Waals surface area contributed by atoms with E-state index in [9.17, 15) is 5.11 Å². The minimum Gasteiger partial charge on any atom is -0.496 e. The van der Waals surface area contributed by atoms with Crippen LogP contribution in [0, 0.1) is 0 Å². The Morgan fingerprint density at radius 2 is 2.18 bits per heavy atom. The SMILES string of the molecule is CCc1ccc(OC)c(C(NC)C(O)CN)c1. The smallest absolute Gasteiger partial charge is 0.123 e. The van der Waals surface area contributed by atoms with Crippen molar-refractivity contribution in [2.75, 3.05) is 20.7 Å². The summed E-state index contributed by atoms with van der Waals surface area (Å²) in [5, 5.41) is 13.0. The van der Waals surface area contributed by atoms with Gasteiger partial charge in [-0.2, -0.15) is 0 Å². The first-order valence-electron chi connectivity index (χ1n) is 5.90. The van der Waals surface area contributed by atoms with E-state index < -0.39 is 6.10 Å². The van der Waals surface area contributed by atoms with Crippen molar-refractivity contribution in [3.05, 3.63) is 29.3 Å². The molecule has 2 atom stereocenters. The number of nitrogens with two attached hydrogens (primary N) is 1. The number of benzene rings is 1. The number of likely N-dealkylation sites (N-methyl/N-ethyl adjacent to an activating group) is 1. The lowest BCUT2D eigenvalue weighted by Gasteiger charge is -2.24. The van der Waals surface area contributed by atoms with Crippen LogP contribution in [0.15, 0.2) is 18.2 Å². The van der Waals surface area contributed by atoms with E-state index in [1.807, 2.05) is 19.2 Å². The number of nitrogens with one attached hydrogen (secondary N) is 1. The Kier molecular flexibility index (Phi) is 5.41. The van der Waals surface area contributed by atoms with Gasteiger partial charge in [0.05, 0.1) is 19.3 Å². The van der Waals surface area contributed by atoms with Crippen LogP contribution in [0.3, 0.4) is 0 Å². The molecule has 4 nitrogen and oxygen atoms in total. The zero-order valence-electron chi connectivity index (χ0n) is 10.7. The van der Waals surface area contributed by atoms with Crippen molar-refractivity contribution < 1.29 is 9.84 Å². The first-order chi connectivity index (χ1) is 8.17. The molecular formula is C13H22N2O2. The Balaban J connectivity index is 3.14. The minimum absolute atomic E-state index is 0.207. The van der Waals surface area contributed by atoms with E-state index in [2.05, 4.69) is 18.3 Å². The van der Waals surface area contributed by atoms with E-state index in [1.54, 1.807) is 7.11 Å². The highest BCUT2D eigenvalue weighted by Gasteiger charge is 2.21.